The molecule has 1 atom stereocenters. The minimum Gasteiger partial charge on any atom is -0.478 e. The highest BCUT2D eigenvalue weighted by molar-refractivity contribution is 6.31. The average Bonchev–Trinajstić information content (AvgIpc) is 2.63. The van der Waals surface area contributed by atoms with E-state index in [4.69, 9.17) is 21.1 Å². The number of anilines is 1. The molecular formula is C18H20ClN3O3. The molecule has 1 saturated heterocycles. The van der Waals surface area contributed by atoms with Gasteiger partial charge >= 0.3 is 0 Å². The number of aromatic nitrogens is 1. The molecule has 132 valence electrons. The summed E-state index contributed by atoms with van der Waals surface area (Å²) in [5.74, 6) is 0.238. The Bertz CT molecular complexity index is 731. The Morgan fingerprint density at radius 3 is 2.96 bits per heavy atom. The number of benzene rings is 1. The number of carbonyl (C=O) groups is 1. The minimum absolute atomic E-state index is 0.0682. The lowest BCUT2D eigenvalue weighted by atomic mass is 10.1. The third kappa shape index (κ3) is 4.48. The molecule has 2 heterocycles. The zero-order valence-electron chi connectivity index (χ0n) is 13.9. The van der Waals surface area contributed by atoms with Gasteiger partial charge in [0.1, 0.15) is 0 Å². The number of amides is 1. The summed E-state index contributed by atoms with van der Waals surface area (Å²) >= 11 is 6.36. The zero-order chi connectivity index (χ0) is 17.6. The van der Waals surface area contributed by atoms with E-state index in [9.17, 15) is 4.79 Å². The summed E-state index contributed by atoms with van der Waals surface area (Å²) in [5, 5.41) is 6.66. The summed E-state index contributed by atoms with van der Waals surface area (Å²) in [5.41, 5.74) is 1.98. The fraction of sp³-hybridized carbons (Fsp3) is 0.333. The maximum atomic E-state index is 12.3. The highest BCUT2D eigenvalue weighted by atomic mass is 35.5. The highest BCUT2D eigenvalue weighted by Crippen LogP contribution is 2.29. The third-order valence-corrected chi connectivity index (χ3v) is 4.15. The van der Waals surface area contributed by atoms with Crippen molar-refractivity contribution in [2.24, 2.45) is 0 Å². The first-order chi connectivity index (χ1) is 12.2. The predicted molar refractivity (Wildman–Crippen MR) is 96.4 cm³/mol. The van der Waals surface area contributed by atoms with Crippen LogP contribution in [0.1, 0.15) is 28.9 Å². The second-order valence-electron chi connectivity index (χ2n) is 5.57. The minimum atomic E-state index is -0.255. The van der Waals surface area contributed by atoms with Crippen molar-refractivity contribution in [2.75, 3.05) is 31.6 Å². The number of pyridine rings is 1. The number of carbonyl (C=O) groups excluding carboxylic acids is 1. The van der Waals surface area contributed by atoms with Gasteiger partial charge in [-0.05, 0) is 25.1 Å². The molecule has 2 aromatic rings. The van der Waals surface area contributed by atoms with Crippen LogP contribution in [0, 0.1) is 0 Å². The Morgan fingerprint density at radius 2 is 2.32 bits per heavy atom. The molecule has 1 unspecified atom stereocenters. The van der Waals surface area contributed by atoms with Crippen molar-refractivity contribution in [3.05, 3.63) is 52.7 Å². The van der Waals surface area contributed by atoms with Crippen molar-refractivity contribution in [1.29, 1.82) is 0 Å². The average molecular weight is 362 g/mol. The second kappa shape index (κ2) is 8.29. The summed E-state index contributed by atoms with van der Waals surface area (Å²) in [4.78, 5) is 16.4. The van der Waals surface area contributed by atoms with E-state index in [1.165, 1.54) is 6.20 Å². The van der Waals surface area contributed by atoms with E-state index < -0.39 is 0 Å². The molecule has 6 nitrogen and oxygen atoms in total. The van der Waals surface area contributed by atoms with Crippen molar-refractivity contribution in [3.63, 3.8) is 0 Å². The smallest absolute Gasteiger partial charge is 0.257 e. The molecule has 0 aliphatic carbocycles. The summed E-state index contributed by atoms with van der Waals surface area (Å²) in [6.45, 7) is 4.64. The van der Waals surface area contributed by atoms with Crippen molar-refractivity contribution in [1.82, 2.24) is 10.3 Å². The first-order valence-electron chi connectivity index (χ1n) is 8.19. The number of nitrogens with one attached hydrogen (secondary N) is 2. The molecule has 0 bridgehead atoms. The Balaban J connectivity index is 1.67. The number of halogens is 1. The van der Waals surface area contributed by atoms with Gasteiger partial charge < -0.3 is 20.1 Å². The van der Waals surface area contributed by atoms with E-state index >= 15 is 0 Å². The molecular weight excluding hydrogens is 342 g/mol. The molecule has 1 amide bonds. The lowest BCUT2D eigenvalue weighted by Gasteiger charge is -2.25. The van der Waals surface area contributed by atoms with Crippen LogP contribution in [0.4, 0.5) is 5.69 Å². The monoisotopic (exact) mass is 361 g/mol. The van der Waals surface area contributed by atoms with E-state index in [2.05, 4.69) is 15.6 Å². The Morgan fingerprint density at radius 1 is 1.44 bits per heavy atom. The van der Waals surface area contributed by atoms with Gasteiger partial charge in [-0.2, -0.15) is 0 Å². The van der Waals surface area contributed by atoms with Gasteiger partial charge in [0.2, 0.25) is 5.88 Å². The van der Waals surface area contributed by atoms with Gasteiger partial charge in [-0.25, -0.2) is 4.98 Å². The van der Waals surface area contributed by atoms with Crippen LogP contribution in [-0.2, 0) is 4.74 Å². The standard InChI is InChI=1S/C18H20ClN3O3/c1-2-24-17-6-3-12(10-21-17)18(23)22-13-4-5-14(15(19)9-13)16-11-20-7-8-25-16/h3-6,9-10,16,20H,2,7-8,11H2,1H3,(H,22,23). The number of ether oxygens (including phenoxy) is 2. The molecule has 1 aliphatic rings. The topological polar surface area (TPSA) is 72.5 Å². The van der Waals surface area contributed by atoms with Crippen LogP contribution in [0.2, 0.25) is 5.02 Å². The maximum Gasteiger partial charge on any atom is 0.257 e. The number of nitrogens with zero attached hydrogens (tertiary/aromatic N) is 1. The number of rotatable bonds is 5. The quantitative estimate of drug-likeness (QED) is 0.856. The van der Waals surface area contributed by atoms with Gasteiger partial charge in [-0.1, -0.05) is 17.7 Å². The first kappa shape index (κ1) is 17.7. The Hall–Kier alpha value is -2.15. The highest BCUT2D eigenvalue weighted by Gasteiger charge is 2.19. The first-order valence-corrected chi connectivity index (χ1v) is 8.57. The van der Waals surface area contributed by atoms with Gasteiger partial charge in [0, 0.05) is 41.6 Å². The van der Waals surface area contributed by atoms with Crippen molar-refractivity contribution in [3.8, 4) is 5.88 Å². The number of hydrogen-bond acceptors (Lipinski definition) is 5. The molecule has 3 rings (SSSR count). The second-order valence-corrected chi connectivity index (χ2v) is 5.98. The molecule has 0 saturated carbocycles. The fourth-order valence-corrected chi connectivity index (χ4v) is 2.88. The van der Waals surface area contributed by atoms with Crippen LogP contribution < -0.4 is 15.4 Å². The van der Waals surface area contributed by atoms with E-state index in [1.807, 2.05) is 19.1 Å². The molecule has 1 aliphatic heterocycles. The lowest BCUT2D eigenvalue weighted by Crippen LogP contribution is -2.33. The normalized spacial score (nSPS) is 17.1. The van der Waals surface area contributed by atoms with Crippen molar-refractivity contribution in [2.45, 2.75) is 13.0 Å². The van der Waals surface area contributed by atoms with Crippen LogP contribution in [-0.4, -0.2) is 37.2 Å². The molecule has 1 fully saturated rings. The van der Waals surface area contributed by atoms with Gasteiger partial charge in [0.15, 0.2) is 0 Å². The van der Waals surface area contributed by atoms with Crippen LogP contribution in [0.15, 0.2) is 36.5 Å². The molecule has 1 aromatic heterocycles. The third-order valence-electron chi connectivity index (χ3n) is 3.82. The Kier molecular flexibility index (Phi) is 5.86. The molecule has 25 heavy (non-hydrogen) atoms. The zero-order valence-corrected chi connectivity index (χ0v) is 14.7. The van der Waals surface area contributed by atoms with Crippen LogP contribution in [0.3, 0.4) is 0 Å². The van der Waals surface area contributed by atoms with E-state index in [0.717, 1.165) is 18.7 Å². The number of morpholine rings is 1. The molecule has 2 N–H and O–H groups in total. The van der Waals surface area contributed by atoms with Crippen LogP contribution in [0.25, 0.3) is 0 Å². The number of hydrogen-bond donors (Lipinski definition) is 2. The van der Waals surface area contributed by atoms with Gasteiger partial charge in [0.05, 0.1) is 24.9 Å². The van der Waals surface area contributed by atoms with E-state index in [-0.39, 0.29) is 12.0 Å². The predicted octanol–water partition coefficient (Wildman–Crippen LogP) is 3.05. The maximum absolute atomic E-state index is 12.3. The van der Waals surface area contributed by atoms with Crippen molar-refractivity contribution >= 4 is 23.2 Å². The molecule has 0 radical (unpaired) electrons. The van der Waals surface area contributed by atoms with Gasteiger partial charge in [-0.15, -0.1) is 0 Å². The molecule has 0 spiro atoms. The summed E-state index contributed by atoms with van der Waals surface area (Å²) in [7, 11) is 0. The largest absolute Gasteiger partial charge is 0.478 e. The SMILES string of the molecule is CCOc1ccc(C(=O)Nc2ccc(C3CNCCO3)c(Cl)c2)cn1. The van der Waals surface area contributed by atoms with Crippen LogP contribution >= 0.6 is 11.6 Å². The van der Waals surface area contributed by atoms with Crippen molar-refractivity contribution < 1.29 is 14.3 Å². The summed E-state index contributed by atoms with van der Waals surface area (Å²) in [6, 6.07) is 8.77. The fourth-order valence-electron chi connectivity index (χ4n) is 2.58. The van der Waals surface area contributed by atoms with E-state index in [0.29, 0.717) is 35.4 Å². The molecule has 7 heteroatoms. The summed E-state index contributed by atoms with van der Waals surface area (Å²) < 4.78 is 11.0. The van der Waals surface area contributed by atoms with Gasteiger partial charge in [-0.3, -0.25) is 4.79 Å². The van der Waals surface area contributed by atoms with Crippen LogP contribution in [0.5, 0.6) is 5.88 Å². The van der Waals surface area contributed by atoms with Gasteiger partial charge in [0.25, 0.3) is 5.91 Å². The molecule has 1 aromatic carbocycles. The lowest BCUT2D eigenvalue weighted by molar-refractivity contribution is 0.0278. The Labute approximate surface area is 151 Å². The van der Waals surface area contributed by atoms with E-state index in [1.54, 1.807) is 18.2 Å². The summed E-state index contributed by atoms with van der Waals surface area (Å²) in [6.07, 6.45) is 1.42.